The van der Waals surface area contributed by atoms with Gasteiger partial charge in [0.05, 0.1) is 6.61 Å². The number of benzene rings is 1. The third-order valence-corrected chi connectivity index (χ3v) is 2.41. The summed E-state index contributed by atoms with van der Waals surface area (Å²) in [6.07, 6.45) is -0.425. The van der Waals surface area contributed by atoms with Crippen LogP contribution < -0.4 is 5.32 Å². The molecule has 0 aromatic heterocycles. The van der Waals surface area contributed by atoms with Crippen LogP contribution in [0.15, 0.2) is 18.2 Å². The van der Waals surface area contributed by atoms with Crippen LogP contribution in [0.4, 0.5) is 4.79 Å². The van der Waals surface area contributed by atoms with Crippen LogP contribution in [0.1, 0.15) is 37.5 Å². The number of aliphatic hydroxyl groups excluding tert-OH is 1. The van der Waals surface area contributed by atoms with Gasteiger partial charge in [0, 0.05) is 6.54 Å². The SMILES string of the molecule is Cc1cc(CNC(=O)OC(C)(C)C)ccc1CO. The van der Waals surface area contributed by atoms with E-state index >= 15 is 0 Å². The largest absolute Gasteiger partial charge is 0.444 e. The molecule has 4 heteroatoms. The molecule has 0 saturated heterocycles. The Morgan fingerprint density at radius 2 is 2.06 bits per heavy atom. The van der Waals surface area contributed by atoms with Gasteiger partial charge in [-0.25, -0.2) is 4.79 Å². The van der Waals surface area contributed by atoms with E-state index in [1.165, 1.54) is 0 Å². The van der Waals surface area contributed by atoms with Crippen LogP contribution in [0, 0.1) is 6.92 Å². The lowest BCUT2D eigenvalue weighted by atomic mass is 10.1. The molecular formula is C14H21NO3. The fraction of sp³-hybridized carbons (Fsp3) is 0.500. The van der Waals surface area contributed by atoms with Crippen molar-refractivity contribution in [2.24, 2.45) is 0 Å². The van der Waals surface area contributed by atoms with Gasteiger partial charge in [-0.05, 0) is 44.4 Å². The summed E-state index contributed by atoms with van der Waals surface area (Å²) in [5.74, 6) is 0. The molecule has 0 unspecified atom stereocenters. The number of alkyl carbamates (subject to hydrolysis) is 1. The van der Waals surface area contributed by atoms with Crippen molar-refractivity contribution in [1.29, 1.82) is 0 Å². The molecule has 0 spiro atoms. The Labute approximate surface area is 108 Å². The molecule has 0 fully saturated rings. The molecule has 4 nitrogen and oxygen atoms in total. The van der Waals surface area contributed by atoms with E-state index in [2.05, 4.69) is 5.32 Å². The van der Waals surface area contributed by atoms with Gasteiger partial charge in [-0.1, -0.05) is 18.2 Å². The van der Waals surface area contributed by atoms with Crippen molar-refractivity contribution in [2.75, 3.05) is 0 Å². The minimum atomic E-state index is -0.485. The van der Waals surface area contributed by atoms with E-state index in [0.29, 0.717) is 6.54 Å². The van der Waals surface area contributed by atoms with Crippen molar-refractivity contribution >= 4 is 6.09 Å². The maximum absolute atomic E-state index is 11.5. The van der Waals surface area contributed by atoms with Gasteiger partial charge in [-0.3, -0.25) is 0 Å². The average molecular weight is 251 g/mol. The van der Waals surface area contributed by atoms with E-state index in [1.807, 2.05) is 45.9 Å². The van der Waals surface area contributed by atoms with E-state index in [4.69, 9.17) is 9.84 Å². The Bertz CT molecular complexity index is 422. The fourth-order valence-corrected chi connectivity index (χ4v) is 1.53. The molecule has 1 amide bonds. The van der Waals surface area contributed by atoms with Crippen molar-refractivity contribution in [2.45, 2.75) is 46.4 Å². The molecule has 1 aromatic carbocycles. The predicted octanol–water partition coefficient (Wildman–Crippen LogP) is 2.51. The molecule has 1 aromatic rings. The Morgan fingerprint density at radius 3 is 2.56 bits per heavy atom. The molecule has 1 rings (SSSR count). The number of amides is 1. The number of hydrogen-bond acceptors (Lipinski definition) is 3. The predicted molar refractivity (Wildman–Crippen MR) is 70.2 cm³/mol. The maximum Gasteiger partial charge on any atom is 0.407 e. The summed E-state index contributed by atoms with van der Waals surface area (Å²) in [5.41, 5.74) is 2.41. The van der Waals surface area contributed by atoms with E-state index in [-0.39, 0.29) is 6.61 Å². The number of nitrogens with one attached hydrogen (secondary N) is 1. The standard InChI is InChI=1S/C14H21NO3/c1-10-7-11(5-6-12(10)9-16)8-15-13(17)18-14(2,3)4/h5-7,16H,8-9H2,1-4H3,(H,15,17). The van der Waals surface area contributed by atoms with Gasteiger partial charge in [0.2, 0.25) is 0 Å². The highest BCUT2D eigenvalue weighted by atomic mass is 16.6. The number of carbonyl (C=O) groups is 1. The molecular weight excluding hydrogens is 230 g/mol. The number of aryl methyl sites for hydroxylation is 1. The smallest absolute Gasteiger partial charge is 0.407 e. The zero-order valence-electron chi connectivity index (χ0n) is 11.4. The minimum absolute atomic E-state index is 0.0333. The molecule has 0 bridgehead atoms. The van der Waals surface area contributed by atoms with Crippen LogP contribution in [-0.4, -0.2) is 16.8 Å². The lowest BCUT2D eigenvalue weighted by Crippen LogP contribution is -2.32. The second kappa shape index (κ2) is 5.87. The molecule has 0 radical (unpaired) electrons. The van der Waals surface area contributed by atoms with Crippen molar-refractivity contribution < 1.29 is 14.6 Å². The molecule has 0 heterocycles. The molecule has 100 valence electrons. The van der Waals surface area contributed by atoms with E-state index in [1.54, 1.807) is 0 Å². The first kappa shape index (κ1) is 14.5. The van der Waals surface area contributed by atoms with Gasteiger partial charge in [0.25, 0.3) is 0 Å². The first-order valence-electron chi connectivity index (χ1n) is 5.98. The van der Waals surface area contributed by atoms with Gasteiger partial charge in [-0.2, -0.15) is 0 Å². The second-order valence-electron chi connectivity index (χ2n) is 5.27. The summed E-state index contributed by atoms with van der Waals surface area (Å²) >= 11 is 0. The zero-order chi connectivity index (χ0) is 13.8. The summed E-state index contributed by atoms with van der Waals surface area (Å²) < 4.78 is 5.14. The van der Waals surface area contributed by atoms with Crippen LogP contribution in [0.2, 0.25) is 0 Å². The Morgan fingerprint density at radius 1 is 1.39 bits per heavy atom. The highest BCUT2D eigenvalue weighted by Gasteiger charge is 2.15. The molecule has 0 aliphatic heterocycles. The summed E-state index contributed by atoms with van der Waals surface area (Å²) in [6, 6.07) is 5.69. The lowest BCUT2D eigenvalue weighted by molar-refractivity contribution is 0.0523. The Hall–Kier alpha value is -1.55. The second-order valence-corrected chi connectivity index (χ2v) is 5.27. The molecule has 2 N–H and O–H groups in total. The van der Waals surface area contributed by atoms with Crippen molar-refractivity contribution in [3.8, 4) is 0 Å². The lowest BCUT2D eigenvalue weighted by Gasteiger charge is -2.19. The zero-order valence-corrected chi connectivity index (χ0v) is 11.4. The quantitative estimate of drug-likeness (QED) is 0.867. The van der Waals surface area contributed by atoms with Gasteiger partial charge < -0.3 is 15.2 Å². The molecule has 0 atom stereocenters. The fourth-order valence-electron chi connectivity index (χ4n) is 1.53. The molecule has 0 aliphatic rings. The number of carbonyl (C=O) groups excluding carboxylic acids is 1. The summed E-state index contributed by atoms with van der Waals surface area (Å²) in [5, 5.41) is 11.8. The number of hydrogen-bond donors (Lipinski definition) is 2. The first-order valence-corrected chi connectivity index (χ1v) is 5.98. The van der Waals surface area contributed by atoms with Gasteiger partial charge in [0.1, 0.15) is 5.60 Å². The van der Waals surface area contributed by atoms with E-state index in [0.717, 1.165) is 16.7 Å². The third kappa shape index (κ3) is 4.75. The first-order chi connectivity index (χ1) is 8.31. The highest BCUT2D eigenvalue weighted by molar-refractivity contribution is 5.67. The Balaban J connectivity index is 2.54. The van der Waals surface area contributed by atoms with Crippen LogP contribution in [0.5, 0.6) is 0 Å². The number of aliphatic hydroxyl groups is 1. The van der Waals surface area contributed by atoms with Gasteiger partial charge in [0.15, 0.2) is 0 Å². The van der Waals surface area contributed by atoms with Crippen LogP contribution in [0.3, 0.4) is 0 Å². The molecule has 18 heavy (non-hydrogen) atoms. The maximum atomic E-state index is 11.5. The van der Waals surface area contributed by atoms with Gasteiger partial charge in [-0.15, -0.1) is 0 Å². The topological polar surface area (TPSA) is 58.6 Å². The monoisotopic (exact) mass is 251 g/mol. The van der Waals surface area contributed by atoms with Crippen LogP contribution >= 0.6 is 0 Å². The number of rotatable bonds is 3. The van der Waals surface area contributed by atoms with Gasteiger partial charge >= 0.3 is 6.09 Å². The van der Waals surface area contributed by atoms with Crippen LogP contribution in [-0.2, 0) is 17.9 Å². The van der Waals surface area contributed by atoms with Crippen molar-refractivity contribution in [3.05, 3.63) is 34.9 Å². The molecule has 0 saturated carbocycles. The van der Waals surface area contributed by atoms with Crippen molar-refractivity contribution in [1.82, 2.24) is 5.32 Å². The van der Waals surface area contributed by atoms with E-state index in [9.17, 15) is 4.79 Å². The van der Waals surface area contributed by atoms with Crippen molar-refractivity contribution in [3.63, 3.8) is 0 Å². The van der Waals surface area contributed by atoms with E-state index < -0.39 is 11.7 Å². The summed E-state index contributed by atoms with van der Waals surface area (Å²) in [6.45, 7) is 7.86. The van der Waals surface area contributed by atoms with Crippen LogP contribution in [0.25, 0.3) is 0 Å². The Kier molecular flexibility index (Phi) is 4.73. The summed E-state index contributed by atoms with van der Waals surface area (Å²) in [4.78, 5) is 11.5. The highest BCUT2D eigenvalue weighted by Crippen LogP contribution is 2.11. The third-order valence-electron chi connectivity index (χ3n) is 2.41. The minimum Gasteiger partial charge on any atom is -0.444 e. The molecule has 0 aliphatic carbocycles. The summed E-state index contributed by atoms with van der Waals surface area (Å²) in [7, 11) is 0. The average Bonchev–Trinajstić information content (AvgIpc) is 2.24. The normalized spacial score (nSPS) is 11.2. The number of ether oxygens (including phenoxy) is 1.